The zero-order valence-electron chi connectivity index (χ0n) is 9.47. The van der Waals surface area contributed by atoms with Crippen molar-refractivity contribution in [1.82, 2.24) is 9.13 Å². The van der Waals surface area contributed by atoms with Crippen molar-refractivity contribution in [1.29, 1.82) is 0 Å². The van der Waals surface area contributed by atoms with E-state index in [1.165, 1.54) is 0 Å². The van der Waals surface area contributed by atoms with E-state index in [0.717, 1.165) is 16.6 Å². The molecule has 84 valence electrons. The summed E-state index contributed by atoms with van der Waals surface area (Å²) in [4.78, 5) is 11.8. The zero-order valence-corrected chi connectivity index (χ0v) is 9.47. The van der Waals surface area contributed by atoms with Crippen LogP contribution < -0.4 is 11.4 Å². The van der Waals surface area contributed by atoms with Crippen molar-refractivity contribution in [3.63, 3.8) is 0 Å². The first-order valence-corrected chi connectivity index (χ1v) is 5.18. The van der Waals surface area contributed by atoms with Crippen molar-refractivity contribution < 1.29 is 0 Å². The van der Waals surface area contributed by atoms with Gasteiger partial charge in [0.25, 0.3) is 0 Å². The van der Waals surface area contributed by atoms with Crippen LogP contribution in [-0.2, 0) is 14.1 Å². The molecular weight excluding hydrogens is 202 g/mol. The van der Waals surface area contributed by atoms with Crippen LogP contribution in [-0.4, -0.2) is 15.7 Å². The number of fused-ring (bicyclic) bond motifs is 1. The lowest BCUT2D eigenvalue weighted by molar-refractivity contribution is 0.795. The number of imidazole rings is 1. The maximum Gasteiger partial charge on any atom is 0.328 e. The molecule has 0 spiro atoms. The lowest BCUT2D eigenvalue weighted by atomic mass is 10.1. The minimum absolute atomic E-state index is 0.0106. The fourth-order valence-electron chi connectivity index (χ4n) is 1.94. The maximum absolute atomic E-state index is 11.8. The van der Waals surface area contributed by atoms with Crippen LogP contribution in [0.25, 0.3) is 17.1 Å². The smallest absolute Gasteiger partial charge is 0.327 e. The number of nitrogens with two attached hydrogens (primary N) is 1. The van der Waals surface area contributed by atoms with Gasteiger partial charge in [0, 0.05) is 26.2 Å². The Hall–Kier alpha value is -1.81. The number of hydrogen-bond donors (Lipinski definition) is 1. The predicted molar refractivity (Wildman–Crippen MR) is 66.2 cm³/mol. The maximum atomic E-state index is 11.8. The Kier molecular flexibility index (Phi) is 2.66. The summed E-state index contributed by atoms with van der Waals surface area (Å²) < 4.78 is 3.31. The number of rotatable bonds is 2. The first-order valence-electron chi connectivity index (χ1n) is 5.18. The molecule has 0 amide bonds. The molecule has 0 atom stereocenters. The van der Waals surface area contributed by atoms with Crippen LogP contribution >= 0.6 is 0 Å². The average Bonchev–Trinajstić information content (AvgIpc) is 2.53. The monoisotopic (exact) mass is 217 g/mol. The molecule has 2 aromatic rings. The molecule has 0 bridgehead atoms. The Labute approximate surface area is 93.6 Å². The SMILES string of the molecule is Cn1c(=O)n(C)c2c(/C=C/CN)cccc21. The van der Waals surface area contributed by atoms with Gasteiger partial charge in [-0.05, 0) is 6.07 Å². The number of para-hydroxylation sites is 1. The molecule has 0 saturated carbocycles. The van der Waals surface area contributed by atoms with Crippen molar-refractivity contribution in [2.24, 2.45) is 19.8 Å². The van der Waals surface area contributed by atoms with Crippen LogP contribution in [0.2, 0.25) is 0 Å². The van der Waals surface area contributed by atoms with Crippen LogP contribution in [0.4, 0.5) is 0 Å². The Morgan fingerprint density at radius 2 is 2.06 bits per heavy atom. The molecule has 2 rings (SSSR count). The van der Waals surface area contributed by atoms with E-state index in [-0.39, 0.29) is 5.69 Å². The van der Waals surface area contributed by atoms with Crippen LogP contribution in [0.5, 0.6) is 0 Å². The number of nitrogens with zero attached hydrogens (tertiary/aromatic N) is 2. The summed E-state index contributed by atoms with van der Waals surface area (Å²) in [5.41, 5.74) is 8.32. The van der Waals surface area contributed by atoms with Gasteiger partial charge in [0.05, 0.1) is 11.0 Å². The highest BCUT2D eigenvalue weighted by molar-refractivity contribution is 5.85. The number of benzene rings is 1. The second-order valence-corrected chi connectivity index (χ2v) is 3.75. The van der Waals surface area contributed by atoms with Crippen molar-refractivity contribution >= 4 is 17.1 Å². The van der Waals surface area contributed by atoms with Gasteiger partial charge in [-0.2, -0.15) is 0 Å². The van der Waals surface area contributed by atoms with Gasteiger partial charge < -0.3 is 5.73 Å². The minimum atomic E-state index is -0.0106. The van der Waals surface area contributed by atoms with Gasteiger partial charge in [-0.1, -0.05) is 24.3 Å². The van der Waals surface area contributed by atoms with Crippen molar-refractivity contribution in [3.05, 3.63) is 40.3 Å². The topological polar surface area (TPSA) is 53.0 Å². The van der Waals surface area contributed by atoms with E-state index in [1.807, 2.05) is 30.4 Å². The van der Waals surface area contributed by atoms with E-state index < -0.39 is 0 Å². The summed E-state index contributed by atoms with van der Waals surface area (Å²) in [6.07, 6.45) is 3.83. The molecule has 16 heavy (non-hydrogen) atoms. The van der Waals surface area contributed by atoms with Crippen molar-refractivity contribution in [3.8, 4) is 0 Å². The van der Waals surface area contributed by atoms with Crippen molar-refractivity contribution in [2.45, 2.75) is 0 Å². The van der Waals surface area contributed by atoms with Crippen LogP contribution in [0.1, 0.15) is 5.56 Å². The molecule has 2 N–H and O–H groups in total. The molecule has 0 unspecified atom stereocenters. The summed E-state index contributed by atoms with van der Waals surface area (Å²) in [6.45, 7) is 0.497. The molecule has 0 fully saturated rings. The molecule has 1 aromatic carbocycles. The van der Waals surface area contributed by atoms with Gasteiger partial charge in [0.2, 0.25) is 0 Å². The summed E-state index contributed by atoms with van der Waals surface area (Å²) in [7, 11) is 3.56. The minimum Gasteiger partial charge on any atom is -0.327 e. The Bertz CT molecular complexity index is 604. The van der Waals surface area contributed by atoms with E-state index in [2.05, 4.69) is 0 Å². The number of aromatic nitrogens is 2. The predicted octanol–water partition coefficient (Wildman–Crippen LogP) is 0.849. The highest BCUT2D eigenvalue weighted by Crippen LogP contribution is 2.17. The van der Waals surface area contributed by atoms with Crippen molar-refractivity contribution in [2.75, 3.05) is 6.54 Å². The Morgan fingerprint density at radius 1 is 1.31 bits per heavy atom. The summed E-state index contributed by atoms with van der Waals surface area (Å²) >= 11 is 0. The number of aryl methyl sites for hydroxylation is 2. The third kappa shape index (κ3) is 1.47. The molecule has 4 heteroatoms. The summed E-state index contributed by atoms with van der Waals surface area (Å²) in [5.74, 6) is 0. The number of hydrogen-bond acceptors (Lipinski definition) is 2. The molecule has 1 aromatic heterocycles. The van der Waals surface area contributed by atoms with Gasteiger partial charge in [0.1, 0.15) is 0 Å². The van der Waals surface area contributed by atoms with E-state index in [4.69, 9.17) is 5.73 Å². The third-order valence-electron chi connectivity index (χ3n) is 2.75. The van der Waals surface area contributed by atoms with E-state index in [0.29, 0.717) is 6.54 Å². The molecule has 0 aliphatic rings. The molecular formula is C12H15N3O. The molecule has 0 saturated heterocycles. The van der Waals surface area contributed by atoms with E-state index >= 15 is 0 Å². The van der Waals surface area contributed by atoms with Crippen LogP contribution in [0.15, 0.2) is 29.1 Å². The fourth-order valence-corrected chi connectivity index (χ4v) is 1.94. The lowest BCUT2D eigenvalue weighted by Gasteiger charge is -1.99. The molecule has 1 heterocycles. The van der Waals surface area contributed by atoms with Crippen LogP contribution in [0, 0.1) is 0 Å². The fraction of sp³-hybridized carbons (Fsp3) is 0.250. The first-order chi connectivity index (χ1) is 7.66. The normalized spacial score (nSPS) is 11.7. The summed E-state index contributed by atoms with van der Waals surface area (Å²) in [6, 6.07) is 5.86. The second kappa shape index (κ2) is 3.98. The van der Waals surface area contributed by atoms with Gasteiger partial charge >= 0.3 is 5.69 Å². The second-order valence-electron chi connectivity index (χ2n) is 3.75. The Balaban J connectivity index is 2.82. The largest absolute Gasteiger partial charge is 0.328 e. The molecule has 0 aliphatic carbocycles. The van der Waals surface area contributed by atoms with E-state index in [1.54, 1.807) is 23.2 Å². The van der Waals surface area contributed by atoms with Gasteiger partial charge in [-0.15, -0.1) is 0 Å². The molecule has 0 radical (unpaired) electrons. The van der Waals surface area contributed by atoms with Gasteiger partial charge in [-0.3, -0.25) is 9.13 Å². The highest BCUT2D eigenvalue weighted by Gasteiger charge is 2.09. The van der Waals surface area contributed by atoms with Gasteiger partial charge in [-0.25, -0.2) is 4.79 Å². The molecule has 0 aliphatic heterocycles. The third-order valence-corrected chi connectivity index (χ3v) is 2.75. The standard InChI is InChI=1S/C12H15N3O/c1-14-10-7-3-5-9(6-4-8-13)11(10)15(2)12(14)16/h3-7H,8,13H2,1-2H3/b6-4+. The average molecular weight is 217 g/mol. The lowest BCUT2D eigenvalue weighted by Crippen LogP contribution is -2.19. The van der Waals surface area contributed by atoms with E-state index in [9.17, 15) is 4.79 Å². The molecule has 4 nitrogen and oxygen atoms in total. The quantitative estimate of drug-likeness (QED) is 0.810. The zero-order chi connectivity index (χ0) is 11.7. The first kappa shape index (κ1) is 10.7. The Morgan fingerprint density at radius 3 is 2.75 bits per heavy atom. The summed E-state index contributed by atoms with van der Waals surface area (Å²) in [5, 5.41) is 0. The highest BCUT2D eigenvalue weighted by atomic mass is 16.1. The van der Waals surface area contributed by atoms with Gasteiger partial charge in [0.15, 0.2) is 0 Å². The van der Waals surface area contributed by atoms with Crippen LogP contribution in [0.3, 0.4) is 0 Å².